The van der Waals surface area contributed by atoms with Crippen LogP contribution in [0.4, 0.5) is 17.5 Å². The van der Waals surface area contributed by atoms with E-state index >= 15 is 0 Å². The van der Waals surface area contributed by atoms with Gasteiger partial charge in [-0.25, -0.2) is 13.4 Å². The Hall–Kier alpha value is -2.35. The fourth-order valence-electron chi connectivity index (χ4n) is 2.83. The van der Waals surface area contributed by atoms with Gasteiger partial charge in [-0.3, -0.25) is 4.72 Å². The van der Waals surface area contributed by atoms with E-state index in [0.717, 1.165) is 25.9 Å². The second kappa shape index (κ2) is 7.26. The summed E-state index contributed by atoms with van der Waals surface area (Å²) < 4.78 is 27.7. The lowest BCUT2D eigenvalue weighted by Crippen LogP contribution is -2.31. The van der Waals surface area contributed by atoms with E-state index in [4.69, 9.17) is 0 Å². The number of nitrogens with one attached hydrogen (secondary N) is 1. The number of piperidine rings is 1. The highest BCUT2D eigenvalue weighted by atomic mass is 32.2. The van der Waals surface area contributed by atoms with Gasteiger partial charge >= 0.3 is 0 Å². The molecule has 0 aliphatic carbocycles. The molecule has 1 aromatic heterocycles. The summed E-state index contributed by atoms with van der Waals surface area (Å²) in [5.74, 6) is 1.20. The monoisotopic (exact) mass is 361 g/mol. The molecule has 1 saturated heterocycles. The molecule has 7 nitrogen and oxygen atoms in total. The molecule has 8 heteroatoms. The normalized spacial score (nSPS) is 15.0. The number of nitrogens with zero attached hydrogens (tertiary/aromatic N) is 4. The molecule has 25 heavy (non-hydrogen) atoms. The summed E-state index contributed by atoms with van der Waals surface area (Å²) in [6, 6.07) is 8.27. The largest absolute Gasteiger partial charge is 0.361 e. The fraction of sp³-hybridized carbons (Fsp3) is 0.412. The number of hydrogen-bond donors (Lipinski definition) is 1. The van der Waals surface area contributed by atoms with Crippen LogP contribution in [0.5, 0.6) is 0 Å². The zero-order valence-electron chi connectivity index (χ0n) is 14.5. The standard InChI is InChI=1S/C17H23N5O2S/c1-21(2)16-15(20-25(23,24)14-9-5-3-6-10-14)13-18-17(19-16)22-11-7-4-8-12-22/h3,5-6,9-10,13,20H,4,7-8,11-12H2,1-2H3. The van der Waals surface area contributed by atoms with Crippen LogP contribution in [0, 0.1) is 0 Å². The zero-order valence-corrected chi connectivity index (χ0v) is 15.3. The van der Waals surface area contributed by atoms with Crippen LogP contribution < -0.4 is 14.5 Å². The summed E-state index contributed by atoms with van der Waals surface area (Å²) in [6.07, 6.45) is 5.03. The van der Waals surface area contributed by atoms with Crippen LogP contribution in [0.25, 0.3) is 0 Å². The highest BCUT2D eigenvalue weighted by molar-refractivity contribution is 7.92. The van der Waals surface area contributed by atoms with Crippen molar-refractivity contribution in [3.05, 3.63) is 36.5 Å². The first-order valence-electron chi connectivity index (χ1n) is 8.34. The summed E-state index contributed by atoms with van der Waals surface area (Å²) >= 11 is 0. The number of hydrogen-bond acceptors (Lipinski definition) is 6. The minimum Gasteiger partial charge on any atom is -0.361 e. The SMILES string of the molecule is CN(C)c1nc(N2CCCCC2)ncc1NS(=O)(=O)c1ccccc1. The first-order valence-corrected chi connectivity index (χ1v) is 9.83. The smallest absolute Gasteiger partial charge is 0.262 e. The van der Waals surface area contributed by atoms with Gasteiger partial charge in [0.2, 0.25) is 5.95 Å². The minimum absolute atomic E-state index is 0.208. The van der Waals surface area contributed by atoms with Crippen LogP contribution in [-0.4, -0.2) is 45.6 Å². The van der Waals surface area contributed by atoms with E-state index in [0.29, 0.717) is 17.5 Å². The fourth-order valence-corrected chi connectivity index (χ4v) is 3.89. The number of benzene rings is 1. The topological polar surface area (TPSA) is 78.4 Å². The van der Waals surface area contributed by atoms with Gasteiger partial charge in [0.05, 0.1) is 11.1 Å². The molecule has 134 valence electrons. The third-order valence-corrected chi connectivity index (χ3v) is 5.50. The Labute approximate surface area is 148 Å². The van der Waals surface area contributed by atoms with Gasteiger partial charge in [0.1, 0.15) is 5.69 Å². The van der Waals surface area contributed by atoms with E-state index in [1.54, 1.807) is 41.4 Å². The van der Waals surface area contributed by atoms with Crippen LogP contribution in [0.1, 0.15) is 19.3 Å². The molecular formula is C17H23N5O2S. The van der Waals surface area contributed by atoms with Crippen molar-refractivity contribution in [2.75, 3.05) is 41.7 Å². The molecule has 2 aromatic rings. The molecule has 0 saturated carbocycles. The second-order valence-corrected chi connectivity index (χ2v) is 7.95. The molecule has 1 N–H and O–H groups in total. The molecule has 0 unspecified atom stereocenters. The van der Waals surface area contributed by atoms with Crippen LogP contribution in [0.3, 0.4) is 0 Å². The average molecular weight is 361 g/mol. The third kappa shape index (κ3) is 4.01. The molecule has 1 aliphatic heterocycles. The van der Waals surface area contributed by atoms with Crippen LogP contribution in [-0.2, 0) is 10.0 Å². The van der Waals surface area contributed by atoms with Gasteiger partial charge in [0.15, 0.2) is 5.82 Å². The molecule has 3 rings (SSSR count). The number of sulfonamides is 1. The van der Waals surface area contributed by atoms with Crippen molar-refractivity contribution in [1.29, 1.82) is 0 Å². The number of rotatable bonds is 5. The van der Waals surface area contributed by atoms with Crippen molar-refractivity contribution < 1.29 is 8.42 Å². The summed E-state index contributed by atoms with van der Waals surface area (Å²) in [4.78, 5) is 13.1. The Morgan fingerprint density at radius 2 is 1.76 bits per heavy atom. The molecule has 0 bridgehead atoms. The summed E-state index contributed by atoms with van der Waals surface area (Å²) in [6.45, 7) is 1.86. The Kier molecular flexibility index (Phi) is 5.08. The van der Waals surface area contributed by atoms with E-state index in [2.05, 4.69) is 19.6 Å². The maximum absolute atomic E-state index is 12.6. The van der Waals surface area contributed by atoms with Crippen molar-refractivity contribution in [3.8, 4) is 0 Å². The van der Waals surface area contributed by atoms with Crippen molar-refractivity contribution >= 4 is 27.5 Å². The van der Waals surface area contributed by atoms with Crippen molar-refractivity contribution in [3.63, 3.8) is 0 Å². The van der Waals surface area contributed by atoms with E-state index in [-0.39, 0.29) is 4.90 Å². The van der Waals surface area contributed by atoms with Gasteiger partial charge < -0.3 is 9.80 Å². The van der Waals surface area contributed by atoms with Gasteiger partial charge in [-0.05, 0) is 31.4 Å². The molecule has 0 amide bonds. The van der Waals surface area contributed by atoms with E-state index in [9.17, 15) is 8.42 Å². The Morgan fingerprint density at radius 1 is 1.08 bits per heavy atom. The van der Waals surface area contributed by atoms with E-state index in [1.807, 2.05) is 14.1 Å². The van der Waals surface area contributed by atoms with Gasteiger partial charge in [-0.1, -0.05) is 18.2 Å². The zero-order chi connectivity index (χ0) is 17.9. The molecule has 1 aliphatic rings. The molecule has 2 heterocycles. The van der Waals surface area contributed by atoms with Gasteiger partial charge in [0.25, 0.3) is 10.0 Å². The Morgan fingerprint density at radius 3 is 2.40 bits per heavy atom. The molecule has 1 fully saturated rings. The first kappa shape index (κ1) is 17.5. The van der Waals surface area contributed by atoms with Gasteiger partial charge in [0, 0.05) is 27.2 Å². The Balaban J connectivity index is 1.90. The van der Waals surface area contributed by atoms with Crippen LogP contribution >= 0.6 is 0 Å². The predicted molar refractivity (Wildman–Crippen MR) is 99.7 cm³/mol. The number of aromatic nitrogens is 2. The van der Waals surface area contributed by atoms with E-state index in [1.165, 1.54) is 6.42 Å². The summed E-state index contributed by atoms with van der Waals surface area (Å²) in [7, 11) is -0.00544. The van der Waals surface area contributed by atoms with Crippen molar-refractivity contribution in [2.45, 2.75) is 24.2 Å². The van der Waals surface area contributed by atoms with Crippen molar-refractivity contribution in [2.24, 2.45) is 0 Å². The summed E-state index contributed by atoms with van der Waals surface area (Å²) in [5.41, 5.74) is 0.370. The van der Waals surface area contributed by atoms with Crippen molar-refractivity contribution in [1.82, 2.24) is 9.97 Å². The lowest BCUT2D eigenvalue weighted by atomic mass is 10.1. The maximum Gasteiger partial charge on any atom is 0.262 e. The minimum atomic E-state index is -3.68. The van der Waals surface area contributed by atoms with Gasteiger partial charge in [-0.2, -0.15) is 4.98 Å². The van der Waals surface area contributed by atoms with Crippen LogP contribution in [0.15, 0.2) is 41.4 Å². The highest BCUT2D eigenvalue weighted by Gasteiger charge is 2.20. The number of anilines is 3. The molecule has 1 aromatic carbocycles. The maximum atomic E-state index is 12.6. The predicted octanol–water partition coefficient (Wildman–Crippen LogP) is 2.33. The lowest BCUT2D eigenvalue weighted by Gasteiger charge is -2.28. The third-order valence-electron chi connectivity index (χ3n) is 4.12. The average Bonchev–Trinajstić information content (AvgIpc) is 2.63. The first-order chi connectivity index (χ1) is 12.0. The van der Waals surface area contributed by atoms with Gasteiger partial charge in [-0.15, -0.1) is 0 Å². The molecule has 0 radical (unpaired) electrons. The van der Waals surface area contributed by atoms with Crippen LogP contribution in [0.2, 0.25) is 0 Å². The second-order valence-electron chi connectivity index (χ2n) is 6.27. The molecule has 0 atom stereocenters. The quantitative estimate of drug-likeness (QED) is 0.881. The highest BCUT2D eigenvalue weighted by Crippen LogP contribution is 2.27. The molecular weight excluding hydrogens is 338 g/mol. The van der Waals surface area contributed by atoms with E-state index < -0.39 is 10.0 Å². The Bertz CT molecular complexity index is 818. The summed E-state index contributed by atoms with van der Waals surface area (Å²) in [5, 5.41) is 0. The molecule has 0 spiro atoms. The lowest BCUT2D eigenvalue weighted by molar-refractivity contribution is 0.568.